The first-order valence-corrected chi connectivity index (χ1v) is 8.53. The minimum Gasteiger partial charge on any atom is -0.321 e. The highest BCUT2D eigenvalue weighted by Crippen LogP contribution is 2.23. The number of carbonyl (C=O) groups excluding carboxylic acids is 1. The second-order valence-corrected chi connectivity index (χ2v) is 8.24. The van der Waals surface area contributed by atoms with Gasteiger partial charge in [-0.15, -0.1) is 11.3 Å². The van der Waals surface area contributed by atoms with Crippen molar-refractivity contribution in [2.24, 2.45) is 0 Å². The van der Waals surface area contributed by atoms with E-state index in [-0.39, 0.29) is 10.8 Å². The number of halogens is 1. The summed E-state index contributed by atoms with van der Waals surface area (Å²) in [6, 6.07) is 9.27. The van der Waals surface area contributed by atoms with Gasteiger partial charge in [-0.3, -0.25) is 4.79 Å². The summed E-state index contributed by atoms with van der Waals surface area (Å²) in [4.78, 5) is 12.6. The van der Waals surface area contributed by atoms with Crippen LogP contribution in [0.25, 0.3) is 0 Å². The van der Waals surface area contributed by atoms with Crippen molar-refractivity contribution in [2.75, 3.05) is 19.4 Å². The van der Waals surface area contributed by atoms with Crippen LogP contribution < -0.4 is 5.32 Å². The molecule has 21 heavy (non-hydrogen) atoms. The van der Waals surface area contributed by atoms with Crippen LogP contribution in [0.5, 0.6) is 0 Å². The first-order chi connectivity index (χ1) is 9.80. The zero-order chi connectivity index (χ0) is 15.6. The van der Waals surface area contributed by atoms with Gasteiger partial charge in [0.15, 0.2) is 0 Å². The Bertz CT molecular complexity index is 752. The maximum atomic E-state index is 11.9. The summed E-state index contributed by atoms with van der Waals surface area (Å²) in [6.07, 6.45) is 0. The quantitative estimate of drug-likeness (QED) is 0.927. The lowest BCUT2D eigenvalue weighted by Gasteiger charge is -2.11. The van der Waals surface area contributed by atoms with Crippen LogP contribution >= 0.6 is 22.9 Å². The first kappa shape index (κ1) is 16.0. The second-order valence-electron chi connectivity index (χ2n) is 4.37. The molecule has 1 heterocycles. The van der Waals surface area contributed by atoms with E-state index < -0.39 is 10.0 Å². The molecule has 1 aromatic carbocycles. The third-order valence-electron chi connectivity index (χ3n) is 2.69. The molecule has 1 aromatic heterocycles. The van der Waals surface area contributed by atoms with Crippen molar-refractivity contribution in [3.05, 3.63) is 45.6 Å². The van der Waals surface area contributed by atoms with Gasteiger partial charge in [0.2, 0.25) is 10.0 Å². The van der Waals surface area contributed by atoms with Crippen LogP contribution in [-0.4, -0.2) is 32.7 Å². The normalized spacial score (nSPS) is 11.6. The summed E-state index contributed by atoms with van der Waals surface area (Å²) < 4.78 is 25.5. The van der Waals surface area contributed by atoms with Gasteiger partial charge < -0.3 is 5.32 Å². The number of sulfonamides is 1. The lowest BCUT2D eigenvalue weighted by molar-refractivity contribution is 0.103. The van der Waals surface area contributed by atoms with Gasteiger partial charge >= 0.3 is 0 Å². The van der Waals surface area contributed by atoms with Gasteiger partial charge in [0.05, 0.1) is 14.1 Å². The molecule has 112 valence electrons. The van der Waals surface area contributed by atoms with E-state index in [0.29, 0.717) is 14.9 Å². The average molecular weight is 345 g/mol. The van der Waals surface area contributed by atoms with Crippen LogP contribution in [0.2, 0.25) is 4.34 Å². The fraction of sp³-hybridized carbons (Fsp3) is 0.154. The average Bonchev–Trinajstić information content (AvgIpc) is 2.86. The third-order valence-corrected chi connectivity index (χ3v) is 5.75. The Morgan fingerprint density at radius 3 is 2.24 bits per heavy atom. The number of hydrogen-bond acceptors (Lipinski definition) is 4. The molecule has 1 amide bonds. The van der Waals surface area contributed by atoms with Crippen molar-refractivity contribution in [2.45, 2.75) is 4.90 Å². The maximum absolute atomic E-state index is 11.9. The van der Waals surface area contributed by atoms with Crippen LogP contribution in [-0.2, 0) is 10.0 Å². The van der Waals surface area contributed by atoms with E-state index in [0.717, 1.165) is 4.31 Å². The summed E-state index contributed by atoms with van der Waals surface area (Å²) in [7, 11) is -0.538. The molecule has 2 aromatic rings. The van der Waals surface area contributed by atoms with Gasteiger partial charge in [-0.1, -0.05) is 11.6 Å². The number of carbonyl (C=O) groups is 1. The van der Waals surface area contributed by atoms with Crippen LogP contribution in [0, 0.1) is 0 Å². The molecule has 8 heteroatoms. The molecule has 0 atom stereocenters. The van der Waals surface area contributed by atoms with Crippen molar-refractivity contribution in [1.82, 2.24) is 4.31 Å². The smallest absolute Gasteiger partial charge is 0.265 e. The van der Waals surface area contributed by atoms with Gasteiger partial charge in [0.25, 0.3) is 5.91 Å². The van der Waals surface area contributed by atoms with Gasteiger partial charge in [0.1, 0.15) is 0 Å². The fourth-order valence-electron chi connectivity index (χ4n) is 1.55. The summed E-state index contributed by atoms with van der Waals surface area (Å²) >= 11 is 6.95. The van der Waals surface area contributed by atoms with E-state index in [9.17, 15) is 13.2 Å². The maximum Gasteiger partial charge on any atom is 0.265 e. The Hall–Kier alpha value is -1.41. The van der Waals surface area contributed by atoms with Gasteiger partial charge in [0, 0.05) is 19.8 Å². The Labute approximate surface area is 132 Å². The predicted molar refractivity (Wildman–Crippen MR) is 84.6 cm³/mol. The molecule has 0 aliphatic carbocycles. The second kappa shape index (κ2) is 6.15. The number of thiophene rings is 1. The predicted octanol–water partition coefficient (Wildman–Crippen LogP) is 2.90. The van der Waals surface area contributed by atoms with E-state index in [4.69, 9.17) is 11.6 Å². The number of benzene rings is 1. The number of nitrogens with zero attached hydrogens (tertiary/aromatic N) is 1. The van der Waals surface area contributed by atoms with Crippen LogP contribution in [0.4, 0.5) is 5.69 Å². The summed E-state index contributed by atoms with van der Waals surface area (Å²) in [5, 5.41) is 2.68. The fourth-order valence-corrected chi connectivity index (χ4v) is 3.39. The number of amides is 1. The lowest BCUT2D eigenvalue weighted by Crippen LogP contribution is -2.22. The molecular formula is C13H13ClN2O3S2. The van der Waals surface area contributed by atoms with Crippen molar-refractivity contribution in [1.29, 1.82) is 0 Å². The van der Waals surface area contributed by atoms with E-state index in [1.807, 2.05) is 0 Å². The molecule has 2 rings (SSSR count). The van der Waals surface area contributed by atoms with E-state index in [2.05, 4.69) is 5.32 Å². The topological polar surface area (TPSA) is 66.5 Å². The molecule has 1 N–H and O–H groups in total. The van der Waals surface area contributed by atoms with Gasteiger partial charge in [-0.2, -0.15) is 0 Å². The van der Waals surface area contributed by atoms with Crippen LogP contribution in [0.15, 0.2) is 41.3 Å². The van der Waals surface area contributed by atoms with Crippen molar-refractivity contribution in [3.8, 4) is 0 Å². The van der Waals surface area contributed by atoms with Crippen LogP contribution in [0.1, 0.15) is 9.67 Å². The third kappa shape index (κ3) is 3.62. The van der Waals surface area contributed by atoms with Crippen molar-refractivity contribution >= 4 is 44.6 Å². The van der Waals surface area contributed by atoms with E-state index in [1.54, 1.807) is 24.3 Å². The molecular weight excluding hydrogens is 332 g/mol. The van der Waals surface area contributed by atoms with Gasteiger partial charge in [-0.05, 0) is 36.4 Å². The molecule has 0 aliphatic heterocycles. The number of nitrogens with one attached hydrogen (secondary N) is 1. The SMILES string of the molecule is CN(C)S(=O)(=O)c1ccc(NC(=O)c2ccc(Cl)s2)cc1. The number of rotatable bonds is 4. The zero-order valence-corrected chi connectivity index (χ0v) is 13.7. The van der Waals surface area contributed by atoms with E-state index in [1.165, 1.54) is 37.6 Å². The highest BCUT2D eigenvalue weighted by atomic mass is 35.5. The molecule has 0 unspecified atom stereocenters. The minimum absolute atomic E-state index is 0.171. The number of hydrogen-bond donors (Lipinski definition) is 1. The Morgan fingerprint density at radius 1 is 1.14 bits per heavy atom. The molecule has 0 aliphatic rings. The monoisotopic (exact) mass is 344 g/mol. The summed E-state index contributed by atoms with van der Waals surface area (Å²) in [5.74, 6) is -0.282. The number of anilines is 1. The Morgan fingerprint density at radius 2 is 1.76 bits per heavy atom. The Balaban J connectivity index is 2.15. The molecule has 0 spiro atoms. The molecule has 5 nitrogen and oxygen atoms in total. The van der Waals surface area contributed by atoms with Crippen molar-refractivity contribution in [3.63, 3.8) is 0 Å². The first-order valence-electron chi connectivity index (χ1n) is 5.90. The lowest BCUT2D eigenvalue weighted by atomic mass is 10.3. The Kier molecular flexibility index (Phi) is 4.67. The highest BCUT2D eigenvalue weighted by Gasteiger charge is 2.17. The summed E-state index contributed by atoms with van der Waals surface area (Å²) in [5.41, 5.74) is 0.516. The molecule has 0 saturated carbocycles. The largest absolute Gasteiger partial charge is 0.321 e. The summed E-state index contributed by atoms with van der Waals surface area (Å²) in [6.45, 7) is 0. The van der Waals surface area contributed by atoms with Gasteiger partial charge in [-0.25, -0.2) is 12.7 Å². The molecule has 0 fully saturated rings. The van der Waals surface area contributed by atoms with Crippen molar-refractivity contribution < 1.29 is 13.2 Å². The molecule has 0 saturated heterocycles. The highest BCUT2D eigenvalue weighted by molar-refractivity contribution is 7.89. The standard InChI is InChI=1S/C13H13ClN2O3S2/c1-16(2)21(18,19)10-5-3-9(4-6-10)15-13(17)11-7-8-12(14)20-11/h3-8H,1-2H3,(H,15,17). The van der Waals surface area contributed by atoms with Crippen LogP contribution in [0.3, 0.4) is 0 Å². The zero-order valence-electron chi connectivity index (χ0n) is 11.3. The minimum atomic E-state index is -3.47. The van der Waals surface area contributed by atoms with E-state index >= 15 is 0 Å². The molecule has 0 radical (unpaired) electrons. The molecule has 0 bridgehead atoms.